The lowest BCUT2D eigenvalue weighted by atomic mass is 10.2. The van der Waals surface area contributed by atoms with Crippen molar-refractivity contribution in [3.63, 3.8) is 0 Å². The second-order valence-corrected chi connectivity index (χ2v) is 6.12. The minimum absolute atomic E-state index is 0.0268. The van der Waals surface area contributed by atoms with Gasteiger partial charge in [-0.2, -0.15) is 4.98 Å². The highest BCUT2D eigenvalue weighted by Crippen LogP contribution is 2.22. The van der Waals surface area contributed by atoms with Crippen LogP contribution >= 0.6 is 11.6 Å². The second kappa shape index (κ2) is 9.09. The van der Waals surface area contributed by atoms with Gasteiger partial charge in [0.2, 0.25) is 11.7 Å². The highest BCUT2D eigenvalue weighted by atomic mass is 35.5. The number of rotatable bonds is 7. The summed E-state index contributed by atoms with van der Waals surface area (Å²) >= 11 is 5.81. The van der Waals surface area contributed by atoms with Crippen LogP contribution < -0.4 is 5.32 Å². The first-order valence-corrected chi connectivity index (χ1v) is 8.67. The predicted octanol–water partition coefficient (Wildman–Crippen LogP) is 3.64. The molecule has 0 radical (unpaired) electrons. The Morgan fingerprint density at radius 2 is 1.96 bits per heavy atom. The third kappa shape index (κ3) is 5.37. The van der Waals surface area contributed by atoms with Crippen LogP contribution in [-0.2, 0) is 20.7 Å². The van der Waals surface area contributed by atoms with E-state index in [1.165, 1.54) is 6.07 Å². The number of hydrogen-bond acceptors (Lipinski definition) is 6. The van der Waals surface area contributed by atoms with Crippen LogP contribution in [0.3, 0.4) is 0 Å². The molecule has 3 aromatic rings. The third-order valence-electron chi connectivity index (χ3n) is 3.61. The number of aromatic nitrogens is 2. The largest absolute Gasteiger partial charge is 0.456 e. The molecule has 0 spiro atoms. The molecule has 1 amide bonds. The number of nitrogens with one attached hydrogen (secondary N) is 1. The van der Waals surface area contributed by atoms with Gasteiger partial charge in [0, 0.05) is 12.0 Å². The Labute approximate surface area is 164 Å². The molecule has 28 heavy (non-hydrogen) atoms. The van der Waals surface area contributed by atoms with Crippen LogP contribution in [-0.4, -0.2) is 28.6 Å². The van der Waals surface area contributed by atoms with E-state index in [0.717, 1.165) is 17.7 Å². The molecule has 0 aliphatic heterocycles. The third-order valence-corrected chi connectivity index (χ3v) is 3.93. The number of esters is 1. The van der Waals surface area contributed by atoms with Crippen LogP contribution in [0.2, 0.25) is 5.02 Å². The molecule has 0 atom stereocenters. The molecule has 1 heterocycles. The molecule has 0 bridgehead atoms. The predicted molar refractivity (Wildman–Crippen MR) is 99.1 cm³/mol. The van der Waals surface area contributed by atoms with Crippen molar-refractivity contribution >= 4 is 29.2 Å². The molecule has 1 aromatic heterocycles. The van der Waals surface area contributed by atoms with Gasteiger partial charge in [0.25, 0.3) is 5.91 Å². The normalized spacial score (nSPS) is 10.5. The topological polar surface area (TPSA) is 94.3 Å². The number of benzene rings is 2. The minimum atomic E-state index is -0.597. The standard InChI is InChI=1S/C19H15ClFN3O4/c20-14-10-13(21)6-7-15(14)22-16(25)11-27-18(26)9-8-17-23-19(24-28-17)12-4-2-1-3-5-12/h1-7,10H,8-9,11H2,(H,22,25). The number of amides is 1. The number of hydrogen-bond donors (Lipinski definition) is 1. The van der Waals surface area contributed by atoms with Gasteiger partial charge in [-0.3, -0.25) is 9.59 Å². The molecule has 0 unspecified atom stereocenters. The fourth-order valence-electron chi connectivity index (χ4n) is 2.27. The van der Waals surface area contributed by atoms with E-state index in [0.29, 0.717) is 11.7 Å². The van der Waals surface area contributed by atoms with Gasteiger partial charge in [-0.1, -0.05) is 47.1 Å². The lowest BCUT2D eigenvalue weighted by molar-refractivity contribution is -0.147. The van der Waals surface area contributed by atoms with Crippen LogP contribution in [0.5, 0.6) is 0 Å². The van der Waals surface area contributed by atoms with Gasteiger partial charge in [-0.25, -0.2) is 4.39 Å². The molecule has 7 nitrogen and oxygen atoms in total. The van der Waals surface area contributed by atoms with E-state index >= 15 is 0 Å². The number of aryl methyl sites for hydroxylation is 1. The quantitative estimate of drug-likeness (QED) is 0.605. The number of halogens is 2. The summed E-state index contributed by atoms with van der Waals surface area (Å²) in [5.74, 6) is -0.991. The Balaban J connectivity index is 1.43. The van der Waals surface area contributed by atoms with Gasteiger partial charge in [-0.05, 0) is 18.2 Å². The Morgan fingerprint density at radius 1 is 1.18 bits per heavy atom. The number of nitrogens with zero attached hydrogens (tertiary/aromatic N) is 2. The number of carbonyl (C=O) groups is 2. The maximum Gasteiger partial charge on any atom is 0.306 e. The van der Waals surface area contributed by atoms with Gasteiger partial charge in [0.05, 0.1) is 17.1 Å². The summed E-state index contributed by atoms with van der Waals surface area (Å²) < 4.78 is 23.0. The molecule has 0 saturated carbocycles. The Kier molecular flexibility index (Phi) is 6.33. The fraction of sp³-hybridized carbons (Fsp3) is 0.158. The van der Waals surface area contributed by atoms with E-state index in [4.69, 9.17) is 20.9 Å². The summed E-state index contributed by atoms with van der Waals surface area (Å²) in [7, 11) is 0. The lowest BCUT2D eigenvalue weighted by Gasteiger charge is -2.07. The SMILES string of the molecule is O=C(COC(=O)CCc1nc(-c2ccccc2)no1)Nc1ccc(F)cc1Cl. The smallest absolute Gasteiger partial charge is 0.306 e. The highest BCUT2D eigenvalue weighted by Gasteiger charge is 2.13. The van der Waals surface area contributed by atoms with Crippen molar-refractivity contribution in [2.24, 2.45) is 0 Å². The van der Waals surface area contributed by atoms with E-state index in [9.17, 15) is 14.0 Å². The molecular formula is C19H15ClFN3O4. The van der Waals surface area contributed by atoms with E-state index in [1.807, 2.05) is 30.3 Å². The number of anilines is 1. The van der Waals surface area contributed by atoms with Crippen molar-refractivity contribution in [3.05, 3.63) is 65.3 Å². The van der Waals surface area contributed by atoms with E-state index < -0.39 is 24.3 Å². The van der Waals surface area contributed by atoms with Gasteiger partial charge in [-0.15, -0.1) is 0 Å². The molecule has 1 N–H and O–H groups in total. The van der Waals surface area contributed by atoms with Crippen LogP contribution in [0.4, 0.5) is 10.1 Å². The Hall–Kier alpha value is -3.26. The fourth-order valence-corrected chi connectivity index (χ4v) is 2.48. The molecule has 2 aromatic carbocycles. The summed E-state index contributed by atoms with van der Waals surface area (Å²) in [5.41, 5.74) is 1.03. The maximum atomic E-state index is 13.0. The molecule has 0 aliphatic rings. The zero-order valence-electron chi connectivity index (χ0n) is 14.5. The van der Waals surface area contributed by atoms with Gasteiger partial charge < -0.3 is 14.6 Å². The first kappa shape index (κ1) is 19.5. The van der Waals surface area contributed by atoms with Crippen molar-refractivity contribution in [2.75, 3.05) is 11.9 Å². The van der Waals surface area contributed by atoms with Crippen molar-refractivity contribution in [3.8, 4) is 11.4 Å². The average molecular weight is 404 g/mol. The first-order valence-electron chi connectivity index (χ1n) is 8.30. The van der Waals surface area contributed by atoms with Crippen LogP contribution in [0.15, 0.2) is 53.1 Å². The lowest BCUT2D eigenvalue weighted by Crippen LogP contribution is -2.21. The monoisotopic (exact) mass is 403 g/mol. The van der Waals surface area contributed by atoms with E-state index in [2.05, 4.69) is 15.5 Å². The van der Waals surface area contributed by atoms with Crippen molar-refractivity contribution in [1.82, 2.24) is 10.1 Å². The second-order valence-electron chi connectivity index (χ2n) is 5.71. The molecular weight excluding hydrogens is 389 g/mol. The molecule has 144 valence electrons. The molecule has 9 heteroatoms. The van der Waals surface area contributed by atoms with Crippen molar-refractivity contribution < 1.29 is 23.2 Å². The van der Waals surface area contributed by atoms with Crippen LogP contribution in [0, 0.1) is 5.82 Å². The van der Waals surface area contributed by atoms with Crippen molar-refractivity contribution in [2.45, 2.75) is 12.8 Å². The zero-order valence-corrected chi connectivity index (χ0v) is 15.3. The van der Waals surface area contributed by atoms with Crippen molar-refractivity contribution in [1.29, 1.82) is 0 Å². The molecule has 0 aliphatic carbocycles. The van der Waals surface area contributed by atoms with Crippen LogP contribution in [0.25, 0.3) is 11.4 Å². The summed E-state index contributed by atoms with van der Waals surface area (Å²) in [5, 5.41) is 6.34. The van der Waals surface area contributed by atoms with Gasteiger partial charge in [0.1, 0.15) is 5.82 Å². The zero-order chi connectivity index (χ0) is 19.9. The van der Waals surface area contributed by atoms with E-state index in [1.54, 1.807) is 0 Å². The summed E-state index contributed by atoms with van der Waals surface area (Å²) in [4.78, 5) is 27.8. The van der Waals surface area contributed by atoms with Gasteiger partial charge in [0.15, 0.2) is 6.61 Å². The summed E-state index contributed by atoms with van der Waals surface area (Å²) in [6.45, 7) is -0.494. The first-order chi connectivity index (χ1) is 13.5. The van der Waals surface area contributed by atoms with E-state index in [-0.39, 0.29) is 23.6 Å². The minimum Gasteiger partial charge on any atom is -0.456 e. The average Bonchev–Trinajstić information content (AvgIpc) is 3.17. The summed E-state index contributed by atoms with van der Waals surface area (Å²) in [6, 6.07) is 12.8. The molecule has 0 saturated heterocycles. The Bertz CT molecular complexity index is 978. The summed E-state index contributed by atoms with van der Waals surface area (Å²) in [6.07, 6.45) is 0.158. The number of carbonyl (C=O) groups excluding carboxylic acids is 2. The molecule has 3 rings (SSSR count). The van der Waals surface area contributed by atoms with Crippen LogP contribution in [0.1, 0.15) is 12.3 Å². The highest BCUT2D eigenvalue weighted by molar-refractivity contribution is 6.33. The number of ether oxygens (including phenoxy) is 1. The van der Waals surface area contributed by atoms with Gasteiger partial charge >= 0.3 is 5.97 Å². The molecule has 0 fully saturated rings. The Morgan fingerprint density at radius 3 is 2.71 bits per heavy atom. The maximum absolute atomic E-state index is 13.0.